The minimum atomic E-state index is -0.0439. The van der Waals surface area contributed by atoms with Gasteiger partial charge in [-0.1, -0.05) is 24.4 Å². The van der Waals surface area contributed by atoms with Crippen LogP contribution in [0.1, 0.15) is 50.4 Å². The van der Waals surface area contributed by atoms with Gasteiger partial charge in [0, 0.05) is 18.7 Å². The topological polar surface area (TPSA) is 44.1 Å². The van der Waals surface area contributed by atoms with Crippen molar-refractivity contribution < 1.29 is 4.74 Å². The lowest BCUT2D eigenvalue weighted by atomic mass is 9.88. The van der Waals surface area contributed by atoms with Crippen LogP contribution in [0, 0.1) is 6.92 Å². The Balaban J connectivity index is 1.92. The molecule has 0 radical (unpaired) electrons. The number of nitrogens with zero attached hydrogens (tertiary/aromatic N) is 2. The molecule has 2 heterocycles. The molecule has 2 aliphatic rings. The Morgan fingerprint density at radius 2 is 2.21 bits per heavy atom. The van der Waals surface area contributed by atoms with Gasteiger partial charge in [0.25, 0.3) is 5.56 Å². The first-order chi connectivity index (χ1) is 9.10. The zero-order valence-electron chi connectivity index (χ0n) is 11.2. The smallest absolute Gasteiger partial charge is 0.255 e. The molecule has 0 aromatic carbocycles. The fourth-order valence-electron chi connectivity index (χ4n) is 3.61. The lowest BCUT2D eigenvalue weighted by Crippen LogP contribution is -2.41. The van der Waals surface area contributed by atoms with E-state index in [0.717, 1.165) is 32.3 Å². The second-order valence-corrected chi connectivity index (χ2v) is 6.11. The Kier molecular flexibility index (Phi) is 3.39. The first-order valence-electron chi connectivity index (χ1n) is 6.99. The number of aromatic nitrogens is 2. The molecule has 1 atom stereocenters. The Hall–Kier alpha value is -0.870. The SMILES string of the molecule is Cc1nc(Cl)cc(=O)n1C1CCOC2(CCCC2)C1. The Bertz CT molecular complexity index is 535. The van der Waals surface area contributed by atoms with Crippen LogP contribution >= 0.6 is 11.6 Å². The normalized spacial score (nSPS) is 25.9. The van der Waals surface area contributed by atoms with Gasteiger partial charge in [-0.15, -0.1) is 0 Å². The number of rotatable bonds is 1. The van der Waals surface area contributed by atoms with Crippen LogP contribution in [0.5, 0.6) is 0 Å². The maximum Gasteiger partial charge on any atom is 0.255 e. The molecule has 1 aromatic rings. The van der Waals surface area contributed by atoms with Gasteiger partial charge in [-0.25, -0.2) is 4.98 Å². The summed E-state index contributed by atoms with van der Waals surface area (Å²) in [6, 6.07) is 1.61. The highest BCUT2D eigenvalue weighted by Crippen LogP contribution is 2.43. The van der Waals surface area contributed by atoms with Crippen LogP contribution in [0.3, 0.4) is 0 Å². The second kappa shape index (κ2) is 4.91. The van der Waals surface area contributed by atoms with Gasteiger partial charge in [0.2, 0.25) is 0 Å². The van der Waals surface area contributed by atoms with Crippen LogP contribution < -0.4 is 5.56 Å². The van der Waals surface area contributed by atoms with Gasteiger partial charge >= 0.3 is 0 Å². The average Bonchev–Trinajstić information content (AvgIpc) is 2.76. The van der Waals surface area contributed by atoms with Crippen molar-refractivity contribution in [3.63, 3.8) is 0 Å². The van der Waals surface area contributed by atoms with Gasteiger partial charge in [-0.2, -0.15) is 0 Å². The number of hydrogen-bond acceptors (Lipinski definition) is 3. The summed E-state index contributed by atoms with van der Waals surface area (Å²) in [6.45, 7) is 2.59. The van der Waals surface area contributed by atoms with Crippen LogP contribution in [0.25, 0.3) is 0 Å². The van der Waals surface area contributed by atoms with Gasteiger partial charge in [0.15, 0.2) is 0 Å². The molecular formula is C14H19ClN2O2. The fraction of sp³-hybridized carbons (Fsp3) is 0.714. The van der Waals surface area contributed by atoms with Crippen LogP contribution in [0.4, 0.5) is 0 Å². The molecule has 1 saturated heterocycles. The second-order valence-electron chi connectivity index (χ2n) is 5.72. The third-order valence-electron chi connectivity index (χ3n) is 4.44. The highest BCUT2D eigenvalue weighted by atomic mass is 35.5. The molecule has 1 saturated carbocycles. The predicted molar refractivity (Wildman–Crippen MR) is 73.7 cm³/mol. The zero-order chi connectivity index (χ0) is 13.5. The third kappa shape index (κ3) is 2.43. The maximum atomic E-state index is 12.2. The van der Waals surface area contributed by atoms with Crippen molar-refractivity contribution in [1.29, 1.82) is 0 Å². The molecule has 4 nitrogen and oxygen atoms in total. The van der Waals surface area contributed by atoms with Gasteiger partial charge < -0.3 is 4.74 Å². The van der Waals surface area contributed by atoms with E-state index in [1.54, 1.807) is 4.57 Å². The van der Waals surface area contributed by atoms with Gasteiger partial charge in [0.1, 0.15) is 11.0 Å². The van der Waals surface area contributed by atoms with Crippen molar-refractivity contribution in [1.82, 2.24) is 9.55 Å². The summed E-state index contributed by atoms with van der Waals surface area (Å²) >= 11 is 5.83. The minimum Gasteiger partial charge on any atom is -0.375 e. The first kappa shape index (κ1) is 13.1. The maximum absolute atomic E-state index is 12.2. The summed E-state index contributed by atoms with van der Waals surface area (Å²) in [7, 11) is 0. The molecular weight excluding hydrogens is 264 g/mol. The summed E-state index contributed by atoms with van der Waals surface area (Å²) in [5.74, 6) is 0.706. The summed E-state index contributed by atoms with van der Waals surface area (Å²) in [6.07, 6.45) is 6.53. The quantitative estimate of drug-likeness (QED) is 0.744. The van der Waals surface area contributed by atoms with E-state index < -0.39 is 0 Å². The summed E-state index contributed by atoms with van der Waals surface area (Å²) in [5.41, 5.74) is -0.0356. The zero-order valence-corrected chi connectivity index (χ0v) is 11.9. The van der Waals surface area contributed by atoms with E-state index in [-0.39, 0.29) is 22.4 Å². The number of halogens is 1. The van der Waals surface area contributed by atoms with Crippen LogP contribution in [-0.4, -0.2) is 21.8 Å². The number of ether oxygens (including phenoxy) is 1. The van der Waals surface area contributed by atoms with Crippen LogP contribution in [0.2, 0.25) is 5.15 Å². The molecule has 1 aliphatic carbocycles. The van der Waals surface area contributed by atoms with Crippen molar-refractivity contribution in [3.05, 3.63) is 27.4 Å². The Labute approximate surface area is 117 Å². The monoisotopic (exact) mass is 282 g/mol. The van der Waals surface area contributed by atoms with Crippen molar-refractivity contribution in [3.8, 4) is 0 Å². The van der Waals surface area contributed by atoms with Crippen molar-refractivity contribution in [2.24, 2.45) is 0 Å². The number of hydrogen-bond donors (Lipinski definition) is 0. The highest BCUT2D eigenvalue weighted by molar-refractivity contribution is 6.29. The molecule has 0 amide bonds. The molecule has 0 N–H and O–H groups in total. The molecule has 104 valence electrons. The van der Waals surface area contributed by atoms with Gasteiger partial charge in [-0.3, -0.25) is 9.36 Å². The molecule has 1 spiro atoms. The van der Waals surface area contributed by atoms with Crippen LogP contribution in [0.15, 0.2) is 10.9 Å². The average molecular weight is 283 g/mol. The lowest BCUT2D eigenvalue weighted by molar-refractivity contribution is -0.0902. The molecule has 1 aromatic heterocycles. The Morgan fingerprint density at radius 3 is 2.89 bits per heavy atom. The van der Waals surface area contributed by atoms with E-state index in [1.807, 2.05) is 6.92 Å². The number of aryl methyl sites for hydroxylation is 1. The largest absolute Gasteiger partial charge is 0.375 e. The molecule has 19 heavy (non-hydrogen) atoms. The molecule has 1 aliphatic heterocycles. The van der Waals surface area contributed by atoms with Gasteiger partial charge in [0.05, 0.1) is 5.60 Å². The molecule has 5 heteroatoms. The predicted octanol–water partition coefficient (Wildman–Crippen LogP) is 2.87. The van der Waals surface area contributed by atoms with E-state index >= 15 is 0 Å². The fourth-order valence-corrected chi connectivity index (χ4v) is 3.82. The lowest BCUT2D eigenvalue weighted by Gasteiger charge is -2.39. The first-order valence-corrected chi connectivity index (χ1v) is 7.37. The molecule has 3 rings (SSSR count). The highest BCUT2D eigenvalue weighted by Gasteiger charge is 2.40. The summed E-state index contributed by atoms with van der Waals surface area (Å²) < 4.78 is 7.82. The summed E-state index contributed by atoms with van der Waals surface area (Å²) in [4.78, 5) is 16.4. The van der Waals surface area contributed by atoms with Crippen molar-refractivity contribution >= 4 is 11.6 Å². The van der Waals surface area contributed by atoms with Crippen molar-refractivity contribution in [2.75, 3.05) is 6.61 Å². The van der Waals surface area contributed by atoms with E-state index in [9.17, 15) is 4.79 Å². The van der Waals surface area contributed by atoms with E-state index in [1.165, 1.54) is 18.9 Å². The van der Waals surface area contributed by atoms with Crippen LogP contribution in [-0.2, 0) is 4.74 Å². The molecule has 2 fully saturated rings. The summed E-state index contributed by atoms with van der Waals surface area (Å²) in [5, 5.41) is 0.279. The molecule has 0 bridgehead atoms. The van der Waals surface area contributed by atoms with E-state index in [2.05, 4.69) is 4.98 Å². The molecule has 1 unspecified atom stereocenters. The standard InChI is InChI=1S/C14H19ClN2O2/c1-10-16-12(15)8-13(18)17(10)11-4-7-19-14(9-11)5-2-3-6-14/h8,11H,2-7,9H2,1H3. The minimum absolute atomic E-state index is 0.00837. The van der Waals surface area contributed by atoms with Gasteiger partial charge in [-0.05, 0) is 32.6 Å². The van der Waals surface area contributed by atoms with Crippen molar-refractivity contribution in [2.45, 2.75) is 57.1 Å². The Morgan fingerprint density at radius 1 is 1.47 bits per heavy atom. The van der Waals surface area contributed by atoms with E-state index in [4.69, 9.17) is 16.3 Å². The third-order valence-corrected chi connectivity index (χ3v) is 4.64. The van der Waals surface area contributed by atoms with E-state index in [0.29, 0.717) is 5.82 Å².